The highest BCUT2D eigenvalue weighted by molar-refractivity contribution is 5.14. The molecule has 1 aromatic rings. The summed E-state index contributed by atoms with van der Waals surface area (Å²) < 4.78 is 39.9. The lowest BCUT2D eigenvalue weighted by Gasteiger charge is -2.38. The van der Waals surface area contributed by atoms with Gasteiger partial charge in [-0.3, -0.25) is 0 Å². The average molecular weight is 260 g/mol. The summed E-state index contributed by atoms with van der Waals surface area (Å²) >= 11 is 0. The molecule has 0 spiro atoms. The normalized spacial score (nSPS) is 26.6. The molecule has 1 atom stereocenters. The van der Waals surface area contributed by atoms with E-state index in [1.807, 2.05) is 0 Å². The van der Waals surface area contributed by atoms with Crippen molar-refractivity contribution in [2.45, 2.75) is 50.4 Å². The molecule has 1 fully saturated rings. The largest absolute Gasteiger partial charge is 0.393 e. The summed E-state index contributed by atoms with van der Waals surface area (Å²) in [4.78, 5) is 0. The van der Waals surface area contributed by atoms with Crippen LogP contribution in [0.2, 0.25) is 0 Å². The third-order valence-electron chi connectivity index (χ3n) is 4.10. The molecule has 2 N–H and O–H groups in total. The van der Waals surface area contributed by atoms with E-state index in [0.717, 1.165) is 19.3 Å². The van der Waals surface area contributed by atoms with Gasteiger partial charge >= 0.3 is 6.18 Å². The number of nitrogens with two attached hydrogens (primary N) is 1. The van der Waals surface area contributed by atoms with Gasteiger partial charge in [-0.2, -0.15) is 13.2 Å². The Labute approximate surface area is 102 Å². The van der Waals surface area contributed by atoms with E-state index in [0.29, 0.717) is 18.1 Å². The number of halogens is 3. The number of nitrogens with zero attached hydrogens (tertiary/aromatic N) is 3. The first-order chi connectivity index (χ1) is 8.40. The Morgan fingerprint density at radius 1 is 1.28 bits per heavy atom. The van der Waals surface area contributed by atoms with Gasteiger partial charge in [-0.05, 0) is 25.7 Å². The second-order valence-corrected chi connectivity index (χ2v) is 5.34. The van der Waals surface area contributed by atoms with Gasteiger partial charge in [0.25, 0.3) is 0 Å². The Kier molecular flexibility index (Phi) is 2.45. The molecule has 1 aromatic heterocycles. The smallest absolute Gasteiger partial charge is 0.319 e. The highest BCUT2D eigenvalue weighted by Gasteiger charge is 2.45. The molecule has 18 heavy (non-hydrogen) atoms. The molecule has 1 aliphatic carbocycles. The summed E-state index contributed by atoms with van der Waals surface area (Å²) in [5.41, 5.74) is 5.59. The van der Waals surface area contributed by atoms with E-state index in [9.17, 15) is 13.2 Å². The van der Waals surface area contributed by atoms with Crippen molar-refractivity contribution < 1.29 is 13.2 Å². The fourth-order valence-electron chi connectivity index (χ4n) is 2.74. The second kappa shape index (κ2) is 3.69. The minimum atomic E-state index is -4.15. The zero-order valence-corrected chi connectivity index (χ0v) is 9.87. The summed E-state index contributed by atoms with van der Waals surface area (Å²) in [7, 11) is 0. The first kappa shape index (κ1) is 12.0. The lowest BCUT2D eigenvalue weighted by Crippen LogP contribution is -2.46. The fourth-order valence-corrected chi connectivity index (χ4v) is 2.74. The minimum absolute atomic E-state index is 0.0832. The molecule has 0 amide bonds. The van der Waals surface area contributed by atoms with Crippen LogP contribution in [0.1, 0.15) is 37.3 Å². The zero-order valence-electron chi connectivity index (χ0n) is 9.87. The van der Waals surface area contributed by atoms with Gasteiger partial charge in [-0.25, -0.2) is 0 Å². The lowest BCUT2D eigenvalue weighted by molar-refractivity contribution is -0.182. The Balaban J connectivity index is 1.92. The zero-order chi connectivity index (χ0) is 13.0. The quantitative estimate of drug-likeness (QED) is 0.836. The van der Waals surface area contributed by atoms with Crippen molar-refractivity contribution in [3.8, 4) is 0 Å². The van der Waals surface area contributed by atoms with Gasteiger partial charge < -0.3 is 10.3 Å². The average Bonchev–Trinajstić information content (AvgIpc) is 2.67. The van der Waals surface area contributed by atoms with Crippen molar-refractivity contribution in [1.82, 2.24) is 14.8 Å². The Morgan fingerprint density at radius 2 is 2.00 bits per heavy atom. The predicted octanol–water partition coefficient (Wildman–Crippen LogP) is 1.74. The van der Waals surface area contributed by atoms with Crippen LogP contribution in [0.3, 0.4) is 0 Å². The Bertz CT molecular complexity index is 461. The third kappa shape index (κ3) is 1.72. The van der Waals surface area contributed by atoms with Crippen LogP contribution in [0, 0.1) is 5.92 Å². The van der Waals surface area contributed by atoms with Gasteiger partial charge in [0.2, 0.25) is 0 Å². The maximum absolute atomic E-state index is 12.8. The maximum atomic E-state index is 12.8. The monoisotopic (exact) mass is 260 g/mol. The van der Waals surface area contributed by atoms with Crippen LogP contribution in [-0.2, 0) is 18.5 Å². The summed E-state index contributed by atoms with van der Waals surface area (Å²) in [6.07, 6.45) is -1.17. The Hall–Kier alpha value is -1.11. The van der Waals surface area contributed by atoms with Crippen LogP contribution in [0.4, 0.5) is 13.2 Å². The van der Waals surface area contributed by atoms with Gasteiger partial charge in [0.05, 0.1) is 11.5 Å². The van der Waals surface area contributed by atoms with Crippen molar-refractivity contribution in [2.75, 3.05) is 0 Å². The van der Waals surface area contributed by atoms with Crippen molar-refractivity contribution in [2.24, 2.45) is 11.7 Å². The van der Waals surface area contributed by atoms with Crippen LogP contribution in [0.5, 0.6) is 0 Å². The highest BCUT2D eigenvalue weighted by Crippen LogP contribution is 2.40. The van der Waals surface area contributed by atoms with Crippen molar-refractivity contribution >= 4 is 0 Å². The molecule has 2 aliphatic rings. The lowest BCUT2D eigenvalue weighted by atomic mass is 9.77. The SMILES string of the molecule is NC1(c2nnc3n2CC(C(F)(F)F)CC3)CCC1. The maximum Gasteiger partial charge on any atom is 0.393 e. The summed E-state index contributed by atoms with van der Waals surface area (Å²) in [6.45, 7) is -0.0832. The molecule has 1 saturated carbocycles. The first-order valence-electron chi connectivity index (χ1n) is 6.18. The molecule has 3 rings (SSSR count). The van der Waals surface area contributed by atoms with Gasteiger partial charge in [-0.15, -0.1) is 10.2 Å². The molecule has 1 aliphatic heterocycles. The van der Waals surface area contributed by atoms with Gasteiger partial charge in [0, 0.05) is 13.0 Å². The van der Waals surface area contributed by atoms with Gasteiger partial charge in [-0.1, -0.05) is 0 Å². The molecule has 0 bridgehead atoms. The van der Waals surface area contributed by atoms with Crippen molar-refractivity contribution in [3.63, 3.8) is 0 Å². The second-order valence-electron chi connectivity index (χ2n) is 5.34. The molecule has 100 valence electrons. The summed E-state index contributed by atoms with van der Waals surface area (Å²) in [6, 6.07) is 0. The molecule has 0 radical (unpaired) electrons. The van der Waals surface area contributed by atoms with Crippen LogP contribution in [0.25, 0.3) is 0 Å². The number of aromatic nitrogens is 3. The highest BCUT2D eigenvalue weighted by atomic mass is 19.4. The number of alkyl halides is 3. The van der Waals surface area contributed by atoms with E-state index in [1.165, 1.54) is 0 Å². The van der Waals surface area contributed by atoms with E-state index in [1.54, 1.807) is 4.57 Å². The summed E-state index contributed by atoms with van der Waals surface area (Å²) in [5.74, 6) is -0.122. The first-order valence-corrected chi connectivity index (χ1v) is 6.18. The van der Waals surface area contributed by atoms with E-state index >= 15 is 0 Å². The van der Waals surface area contributed by atoms with Crippen molar-refractivity contribution in [3.05, 3.63) is 11.6 Å². The Morgan fingerprint density at radius 3 is 2.56 bits per heavy atom. The number of aryl methyl sites for hydroxylation is 1. The molecule has 2 heterocycles. The number of fused-ring (bicyclic) bond motifs is 1. The van der Waals surface area contributed by atoms with E-state index < -0.39 is 17.6 Å². The minimum Gasteiger partial charge on any atom is -0.319 e. The molecule has 0 saturated heterocycles. The predicted molar refractivity (Wildman–Crippen MR) is 57.6 cm³/mol. The fraction of sp³-hybridized carbons (Fsp3) is 0.818. The number of hydrogen-bond acceptors (Lipinski definition) is 3. The molecular weight excluding hydrogens is 245 g/mol. The molecule has 4 nitrogen and oxygen atoms in total. The van der Waals surface area contributed by atoms with Crippen molar-refractivity contribution in [1.29, 1.82) is 0 Å². The molecule has 1 unspecified atom stereocenters. The van der Waals surface area contributed by atoms with Crippen LogP contribution >= 0.6 is 0 Å². The number of rotatable bonds is 1. The summed E-state index contributed by atoms with van der Waals surface area (Å²) in [5, 5.41) is 8.02. The molecular formula is C11H15F3N4. The van der Waals surface area contributed by atoms with Crippen LogP contribution in [-0.4, -0.2) is 20.9 Å². The van der Waals surface area contributed by atoms with E-state index in [-0.39, 0.29) is 13.0 Å². The number of hydrogen-bond donors (Lipinski definition) is 1. The molecule has 7 heteroatoms. The topological polar surface area (TPSA) is 56.7 Å². The van der Waals surface area contributed by atoms with Gasteiger partial charge in [0.1, 0.15) is 5.82 Å². The van der Waals surface area contributed by atoms with Crippen LogP contribution < -0.4 is 5.73 Å². The third-order valence-corrected chi connectivity index (χ3v) is 4.10. The molecule has 0 aromatic carbocycles. The van der Waals surface area contributed by atoms with Gasteiger partial charge in [0.15, 0.2) is 5.82 Å². The van der Waals surface area contributed by atoms with Crippen LogP contribution in [0.15, 0.2) is 0 Å². The standard InChI is InChI=1S/C11H15F3N4/c12-11(13,14)7-2-3-8-16-17-9(18(8)6-7)10(15)4-1-5-10/h7H,1-6,15H2. The van der Waals surface area contributed by atoms with E-state index in [2.05, 4.69) is 10.2 Å². The van der Waals surface area contributed by atoms with E-state index in [4.69, 9.17) is 5.73 Å².